The van der Waals surface area contributed by atoms with Crippen molar-refractivity contribution in [2.75, 3.05) is 26.9 Å². The Morgan fingerprint density at radius 3 is 2.65 bits per heavy atom. The Labute approximate surface area is 182 Å². The van der Waals surface area contributed by atoms with E-state index in [1.165, 1.54) is 11.1 Å². The van der Waals surface area contributed by atoms with Crippen LogP contribution in [0.1, 0.15) is 36.5 Å². The highest BCUT2D eigenvalue weighted by molar-refractivity contribution is 5.76. The molecule has 2 aromatic rings. The van der Waals surface area contributed by atoms with Crippen molar-refractivity contribution < 1.29 is 14.2 Å². The fourth-order valence-electron chi connectivity index (χ4n) is 5.77. The van der Waals surface area contributed by atoms with Gasteiger partial charge in [-0.1, -0.05) is 19.1 Å². The molecule has 2 aromatic carbocycles. The van der Waals surface area contributed by atoms with Crippen molar-refractivity contribution in [3.63, 3.8) is 0 Å². The maximum atomic E-state index is 9.43. The van der Waals surface area contributed by atoms with Gasteiger partial charge in [0.05, 0.1) is 18.7 Å². The molecule has 31 heavy (non-hydrogen) atoms. The summed E-state index contributed by atoms with van der Waals surface area (Å²) in [5.74, 6) is 1.15. The van der Waals surface area contributed by atoms with Crippen LogP contribution in [-0.2, 0) is 21.4 Å². The smallest absolute Gasteiger partial charge is 0.283 e. The highest BCUT2D eigenvalue weighted by Gasteiger charge is 2.61. The van der Waals surface area contributed by atoms with E-state index in [2.05, 4.69) is 31.2 Å². The molecule has 2 N–H and O–H groups in total. The molecule has 1 saturated heterocycles. The second kappa shape index (κ2) is 7.28. The van der Waals surface area contributed by atoms with E-state index in [1.807, 2.05) is 12.1 Å². The van der Waals surface area contributed by atoms with E-state index in [9.17, 15) is 5.26 Å². The molecule has 0 saturated carbocycles. The van der Waals surface area contributed by atoms with Gasteiger partial charge in [0.25, 0.3) is 6.02 Å². The van der Waals surface area contributed by atoms with Crippen LogP contribution in [-0.4, -0.2) is 33.0 Å². The molecular formula is C25H27N3O3. The minimum atomic E-state index is -0.499. The minimum Gasteiger partial charge on any atom is -0.497 e. The lowest BCUT2D eigenvalue weighted by molar-refractivity contribution is -0.0206. The summed E-state index contributed by atoms with van der Waals surface area (Å²) in [6.45, 7) is 4.38. The molecule has 2 atom stereocenters. The summed E-state index contributed by atoms with van der Waals surface area (Å²) in [7, 11) is 1.62. The fraction of sp³-hybridized carbons (Fsp3) is 0.440. The van der Waals surface area contributed by atoms with Crippen molar-refractivity contribution in [2.24, 2.45) is 22.1 Å². The molecule has 2 unspecified atom stereocenters. The van der Waals surface area contributed by atoms with Crippen molar-refractivity contribution in [1.29, 1.82) is 5.26 Å². The van der Waals surface area contributed by atoms with Gasteiger partial charge in [-0.05, 0) is 71.7 Å². The first kappa shape index (κ1) is 19.9. The quantitative estimate of drug-likeness (QED) is 0.821. The Morgan fingerprint density at radius 2 is 1.97 bits per heavy atom. The second-order valence-electron chi connectivity index (χ2n) is 9.01. The number of methoxy groups -OCH3 is 1. The molecular weight excluding hydrogens is 390 g/mol. The molecule has 2 heterocycles. The van der Waals surface area contributed by atoms with E-state index in [4.69, 9.17) is 24.9 Å². The summed E-state index contributed by atoms with van der Waals surface area (Å²) < 4.78 is 16.8. The van der Waals surface area contributed by atoms with Gasteiger partial charge in [0.15, 0.2) is 0 Å². The van der Waals surface area contributed by atoms with Gasteiger partial charge in [0.1, 0.15) is 17.9 Å². The van der Waals surface area contributed by atoms with Gasteiger partial charge in [-0.25, -0.2) is 4.99 Å². The average Bonchev–Trinajstić information content (AvgIpc) is 3.32. The summed E-state index contributed by atoms with van der Waals surface area (Å²) in [6, 6.07) is 14.6. The zero-order valence-electron chi connectivity index (χ0n) is 18.0. The topological polar surface area (TPSA) is 89.9 Å². The van der Waals surface area contributed by atoms with Crippen LogP contribution < -0.4 is 10.5 Å². The van der Waals surface area contributed by atoms with E-state index in [0.29, 0.717) is 23.8 Å². The number of fused-ring (bicyclic) bond motifs is 2. The fourth-order valence-corrected chi connectivity index (χ4v) is 5.77. The van der Waals surface area contributed by atoms with Gasteiger partial charge >= 0.3 is 0 Å². The highest BCUT2D eigenvalue weighted by atomic mass is 16.5. The molecule has 0 aromatic heterocycles. The van der Waals surface area contributed by atoms with E-state index in [1.54, 1.807) is 13.2 Å². The molecule has 6 nitrogen and oxygen atoms in total. The molecule has 1 aliphatic carbocycles. The summed E-state index contributed by atoms with van der Waals surface area (Å²) in [6.07, 6.45) is 2.99. The number of nitrogens with zero attached hydrogens (tertiary/aromatic N) is 2. The van der Waals surface area contributed by atoms with Crippen LogP contribution in [0.5, 0.6) is 5.75 Å². The van der Waals surface area contributed by atoms with Crippen LogP contribution in [0.3, 0.4) is 0 Å². The lowest BCUT2D eigenvalue weighted by Gasteiger charge is -2.45. The predicted molar refractivity (Wildman–Crippen MR) is 118 cm³/mol. The van der Waals surface area contributed by atoms with Gasteiger partial charge in [0, 0.05) is 18.6 Å². The van der Waals surface area contributed by atoms with E-state index in [0.717, 1.165) is 43.6 Å². The van der Waals surface area contributed by atoms with Crippen LogP contribution >= 0.6 is 0 Å². The summed E-state index contributed by atoms with van der Waals surface area (Å²) in [5.41, 5.74) is 10.5. The van der Waals surface area contributed by atoms with Crippen LogP contribution in [0.4, 0.5) is 0 Å². The number of hydrogen-bond acceptors (Lipinski definition) is 6. The normalized spacial score (nSPS) is 27.5. The third-order valence-electron chi connectivity index (χ3n) is 7.51. The maximum absolute atomic E-state index is 9.43. The van der Waals surface area contributed by atoms with E-state index in [-0.39, 0.29) is 11.4 Å². The largest absolute Gasteiger partial charge is 0.497 e. The lowest BCUT2D eigenvalue weighted by atomic mass is 9.62. The molecule has 0 amide bonds. The van der Waals surface area contributed by atoms with Crippen molar-refractivity contribution in [2.45, 2.75) is 31.7 Å². The number of amidine groups is 1. The average molecular weight is 418 g/mol. The molecule has 5 rings (SSSR count). The zero-order chi connectivity index (χ0) is 21.6. The predicted octanol–water partition coefficient (Wildman–Crippen LogP) is 3.76. The monoisotopic (exact) mass is 417 g/mol. The zero-order valence-corrected chi connectivity index (χ0v) is 18.0. The summed E-state index contributed by atoms with van der Waals surface area (Å²) in [4.78, 5) is 4.95. The Balaban J connectivity index is 1.64. The van der Waals surface area contributed by atoms with Crippen LogP contribution in [0, 0.1) is 22.7 Å². The van der Waals surface area contributed by atoms with E-state index >= 15 is 0 Å². The first-order valence-electron chi connectivity index (χ1n) is 10.8. The molecule has 3 aliphatic rings. The van der Waals surface area contributed by atoms with Gasteiger partial charge in [0.2, 0.25) is 0 Å². The molecule has 2 aliphatic heterocycles. The van der Waals surface area contributed by atoms with Crippen molar-refractivity contribution in [3.8, 4) is 22.9 Å². The number of ether oxygens (including phenoxy) is 3. The van der Waals surface area contributed by atoms with Crippen LogP contribution in [0.25, 0.3) is 11.1 Å². The highest BCUT2D eigenvalue weighted by Crippen LogP contribution is 2.60. The van der Waals surface area contributed by atoms with Crippen LogP contribution in [0.2, 0.25) is 0 Å². The van der Waals surface area contributed by atoms with Crippen LogP contribution in [0.15, 0.2) is 41.4 Å². The third-order valence-corrected chi connectivity index (χ3v) is 7.51. The lowest BCUT2D eigenvalue weighted by Crippen LogP contribution is -2.47. The Kier molecular flexibility index (Phi) is 4.67. The van der Waals surface area contributed by atoms with Gasteiger partial charge in [-0.3, -0.25) is 0 Å². The first-order chi connectivity index (χ1) is 15.0. The molecule has 6 heteroatoms. The number of nitrogens with two attached hydrogens (primary N) is 1. The standard InChI is InChI=1S/C25H27N3O3/c1-24(20-5-7-30-8-6-20)13-18-4-3-17(12-22(18)25(24)15-31-23(27)28-25)19-9-16(14-26)10-21(11-19)29-2/h3-4,9-12,20H,5-8,13,15H2,1-2H3,(H2,27,28). The molecule has 1 fully saturated rings. The molecule has 160 valence electrons. The SMILES string of the molecule is COc1cc(C#N)cc(-c2ccc3c(c2)C2(COC(N)=N2)C(C)(C2CCOCC2)C3)c1. The van der Waals surface area contributed by atoms with Crippen molar-refractivity contribution in [1.82, 2.24) is 0 Å². The number of rotatable bonds is 3. The Bertz CT molecular complexity index is 1100. The third kappa shape index (κ3) is 2.99. The molecule has 0 radical (unpaired) electrons. The Morgan fingerprint density at radius 1 is 1.16 bits per heavy atom. The number of nitriles is 1. The number of aliphatic imine (C=N–C) groups is 1. The Hall–Kier alpha value is -3.04. The first-order valence-corrected chi connectivity index (χ1v) is 10.8. The van der Waals surface area contributed by atoms with Crippen molar-refractivity contribution >= 4 is 6.02 Å². The van der Waals surface area contributed by atoms with Crippen molar-refractivity contribution in [3.05, 3.63) is 53.1 Å². The molecule has 1 spiro atoms. The summed E-state index contributed by atoms with van der Waals surface area (Å²) >= 11 is 0. The molecule has 0 bridgehead atoms. The summed E-state index contributed by atoms with van der Waals surface area (Å²) in [5, 5.41) is 9.43. The number of benzene rings is 2. The van der Waals surface area contributed by atoms with Gasteiger partial charge in [-0.15, -0.1) is 0 Å². The van der Waals surface area contributed by atoms with Gasteiger partial charge < -0.3 is 19.9 Å². The van der Waals surface area contributed by atoms with Gasteiger partial charge in [-0.2, -0.15) is 5.26 Å². The maximum Gasteiger partial charge on any atom is 0.283 e. The van der Waals surface area contributed by atoms with E-state index < -0.39 is 5.54 Å². The minimum absolute atomic E-state index is 0.0922. The second-order valence-corrected chi connectivity index (χ2v) is 9.01. The number of hydrogen-bond donors (Lipinski definition) is 1.